The molecule has 0 aliphatic heterocycles. The molecule has 0 radical (unpaired) electrons. The van der Waals surface area contributed by atoms with Crippen LogP contribution in [0.25, 0.3) is 0 Å². The molecule has 0 atom stereocenters. The number of para-hydroxylation sites is 1. The predicted octanol–water partition coefficient (Wildman–Crippen LogP) is 3.47. The molecular formula is C14H16BrNO4. The minimum atomic E-state index is -1.28. The van der Waals surface area contributed by atoms with Crippen LogP contribution in [0.1, 0.15) is 26.2 Å². The second-order valence-electron chi connectivity index (χ2n) is 4.17. The van der Waals surface area contributed by atoms with Crippen LogP contribution in [-0.2, 0) is 9.59 Å². The molecule has 0 bridgehead atoms. The van der Waals surface area contributed by atoms with Gasteiger partial charge in [-0.25, -0.2) is 9.59 Å². The Bertz CT molecular complexity index is 540. The first-order valence-electron chi connectivity index (χ1n) is 6.18. The van der Waals surface area contributed by atoms with Gasteiger partial charge in [-0.15, -0.1) is 0 Å². The molecular weight excluding hydrogens is 326 g/mol. The number of hydrogen-bond acceptors (Lipinski definition) is 3. The minimum absolute atomic E-state index is 0.116. The van der Waals surface area contributed by atoms with Crippen molar-refractivity contribution in [3.05, 3.63) is 40.0 Å². The molecule has 0 spiro atoms. The van der Waals surface area contributed by atoms with Gasteiger partial charge in [-0.05, 0) is 40.9 Å². The zero-order valence-electron chi connectivity index (χ0n) is 11.0. The van der Waals surface area contributed by atoms with Crippen molar-refractivity contribution in [3.8, 4) is 0 Å². The fourth-order valence-corrected chi connectivity index (χ4v) is 2.03. The smallest absolute Gasteiger partial charge is 0.352 e. The first kappa shape index (κ1) is 16.2. The van der Waals surface area contributed by atoms with Crippen molar-refractivity contribution in [3.63, 3.8) is 0 Å². The van der Waals surface area contributed by atoms with Crippen LogP contribution in [0.15, 0.2) is 40.0 Å². The first-order chi connectivity index (χ1) is 9.47. The Kier molecular flexibility index (Phi) is 6.24. The number of carboxylic acids is 2. The molecule has 0 saturated heterocycles. The standard InChI is InChI=1S/C14H16BrNO4/c1-2-3-6-9(13(17)18)12(14(19)20)16-11-8-5-4-7-10(11)15/h4-5,7-8,16H,2-3,6H2,1H3,(H,17,18)(H,19,20). The number of carboxylic acid groups (broad SMARTS) is 2. The van der Waals surface area contributed by atoms with Gasteiger partial charge in [-0.1, -0.05) is 25.5 Å². The summed E-state index contributed by atoms with van der Waals surface area (Å²) in [5, 5.41) is 21.1. The van der Waals surface area contributed by atoms with Gasteiger partial charge in [-0.2, -0.15) is 0 Å². The Balaban J connectivity index is 3.17. The fraction of sp³-hybridized carbons (Fsp3) is 0.286. The number of anilines is 1. The van der Waals surface area contributed by atoms with Gasteiger partial charge in [0.25, 0.3) is 0 Å². The molecule has 0 unspecified atom stereocenters. The molecule has 0 aliphatic rings. The highest BCUT2D eigenvalue weighted by Crippen LogP contribution is 2.24. The van der Waals surface area contributed by atoms with Crippen molar-refractivity contribution < 1.29 is 19.8 Å². The average Bonchev–Trinajstić information content (AvgIpc) is 2.39. The molecule has 108 valence electrons. The van der Waals surface area contributed by atoms with E-state index in [4.69, 9.17) is 0 Å². The molecule has 20 heavy (non-hydrogen) atoms. The molecule has 1 aromatic carbocycles. The maximum atomic E-state index is 11.3. The lowest BCUT2D eigenvalue weighted by atomic mass is 10.1. The third-order valence-corrected chi connectivity index (χ3v) is 3.38. The number of rotatable bonds is 7. The Morgan fingerprint density at radius 2 is 1.85 bits per heavy atom. The maximum absolute atomic E-state index is 11.3. The number of carbonyl (C=O) groups is 2. The molecule has 5 nitrogen and oxygen atoms in total. The summed E-state index contributed by atoms with van der Waals surface area (Å²) < 4.78 is 0.666. The van der Waals surface area contributed by atoms with Gasteiger partial charge in [0.2, 0.25) is 0 Å². The third-order valence-electron chi connectivity index (χ3n) is 2.69. The summed E-state index contributed by atoms with van der Waals surface area (Å²) in [6.45, 7) is 1.92. The SMILES string of the molecule is CCCCC(C(=O)O)=C(Nc1ccccc1Br)C(=O)O. The Hall–Kier alpha value is -1.82. The Labute approximate surface area is 125 Å². The van der Waals surface area contributed by atoms with E-state index in [1.54, 1.807) is 24.3 Å². The Morgan fingerprint density at radius 1 is 1.20 bits per heavy atom. The lowest BCUT2D eigenvalue weighted by Gasteiger charge is -2.12. The van der Waals surface area contributed by atoms with Gasteiger partial charge in [0.1, 0.15) is 5.70 Å². The van der Waals surface area contributed by atoms with E-state index in [1.165, 1.54) is 0 Å². The van der Waals surface area contributed by atoms with E-state index in [0.717, 1.165) is 6.42 Å². The van der Waals surface area contributed by atoms with Gasteiger partial charge in [-0.3, -0.25) is 0 Å². The van der Waals surface area contributed by atoms with E-state index in [-0.39, 0.29) is 17.7 Å². The predicted molar refractivity (Wildman–Crippen MR) is 79.6 cm³/mol. The van der Waals surface area contributed by atoms with E-state index < -0.39 is 11.9 Å². The fourth-order valence-electron chi connectivity index (χ4n) is 1.65. The summed E-state index contributed by atoms with van der Waals surface area (Å²) in [6.07, 6.45) is 1.62. The van der Waals surface area contributed by atoms with Crippen molar-refractivity contribution >= 4 is 33.6 Å². The maximum Gasteiger partial charge on any atom is 0.352 e. The summed E-state index contributed by atoms with van der Waals surface area (Å²) in [5.74, 6) is -2.50. The van der Waals surface area contributed by atoms with Crippen LogP contribution in [0, 0.1) is 0 Å². The molecule has 6 heteroatoms. The molecule has 0 heterocycles. The highest BCUT2D eigenvalue weighted by atomic mass is 79.9. The molecule has 0 saturated carbocycles. The van der Waals surface area contributed by atoms with Crippen molar-refractivity contribution in [2.75, 3.05) is 5.32 Å². The number of benzene rings is 1. The van der Waals surface area contributed by atoms with Gasteiger partial charge < -0.3 is 15.5 Å². The molecule has 0 aliphatic carbocycles. The summed E-state index contributed by atoms with van der Waals surface area (Å²) in [5.41, 5.74) is 0.105. The molecule has 0 fully saturated rings. The largest absolute Gasteiger partial charge is 0.478 e. The summed E-state index contributed by atoms with van der Waals surface area (Å²) in [4.78, 5) is 22.6. The second-order valence-corrected chi connectivity index (χ2v) is 5.03. The monoisotopic (exact) mass is 341 g/mol. The van der Waals surface area contributed by atoms with Crippen molar-refractivity contribution in [1.29, 1.82) is 0 Å². The summed E-state index contributed by atoms with van der Waals surface area (Å²) in [6, 6.07) is 6.94. The topological polar surface area (TPSA) is 86.6 Å². The quantitative estimate of drug-likeness (QED) is 0.661. The van der Waals surface area contributed by atoms with Crippen LogP contribution in [0.3, 0.4) is 0 Å². The highest BCUT2D eigenvalue weighted by Gasteiger charge is 2.20. The van der Waals surface area contributed by atoms with Gasteiger partial charge >= 0.3 is 11.9 Å². The van der Waals surface area contributed by atoms with E-state index in [1.807, 2.05) is 6.92 Å². The van der Waals surface area contributed by atoms with Gasteiger partial charge in [0.15, 0.2) is 0 Å². The minimum Gasteiger partial charge on any atom is -0.478 e. The van der Waals surface area contributed by atoms with E-state index in [2.05, 4.69) is 21.2 Å². The molecule has 0 aromatic heterocycles. The van der Waals surface area contributed by atoms with Crippen molar-refractivity contribution in [1.82, 2.24) is 0 Å². The highest BCUT2D eigenvalue weighted by molar-refractivity contribution is 9.10. The molecule has 1 rings (SSSR count). The number of nitrogens with one attached hydrogen (secondary N) is 1. The molecule has 3 N–H and O–H groups in total. The zero-order valence-corrected chi connectivity index (χ0v) is 12.6. The third kappa shape index (κ3) is 4.38. The van der Waals surface area contributed by atoms with Gasteiger partial charge in [0.05, 0.1) is 11.3 Å². The van der Waals surface area contributed by atoms with Crippen LogP contribution in [0.2, 0.25) is 0 Å². The van der Waals surface area contributed by atoms with E-state index >= 15 is 0 Å². The first-order valence-corrected chi connectivity index (χ1v) is 6.98. The number of halogens is 1. The lowest BCUT2D eigenvalue weighted by molar-refractivity contribution is -0.136. The molecule has 1 aromatic rings. The van der Waals surface area contributed by atoms with Crippen molar-refractivity contribution in [2.45, 2.75) is 26.2 Å². The summed E-state index contributed by atoms with van der Waals surface area (Å²) >= 11 is 3.29. The van der Waals surface area contributed by atoms with Crippen LogP contribution in [-0.4, -0.2) is 22.2 Å². The van der Waals surface area contributed by atoms with Crippen LogP contribution in [0.4, 0.5) is 5.69 Å². The van der Waals surface area contributed by atoms with Crippen LogP contribution < -0.4 is 5.32 Å². The van der Waals surface area contributed by atoms with E-state index in [0.29, 0.717) is 16.6 Å². The van der Waals surface area contributed by atoms with Gasteiger partial charge in [0, 0.05) is 4.47 Å². The lowest BCUT2D eigenvalue weighted by Crippen LogP contribution is -2.18. The summed E-state index contributed by atoms with van der Waals surface area (Å²) in [7, 11) is 0. The van der Waals surface area contributed by atoms with E-state index in [9.17, 15) is 19.8 Å². The number of hydrogen-bond donors (Lipinski definition) is 3. The van der Waals surface area contributed by atoms with Crippen LogP contribution >= 0.6 is 15.9 Å². The zero-order chi connectivity index (χ0) is 15.1. The Morgan fingerprint density at radius 3 is 2.35 bits per heavy atom. The molecule has 0 amide bonds. The second kappa shape index (κ2) is 7.69. The average molecular weight is 342 g/mol. The van der Waals surface area contributed by atoms with Crippen LogP contribution in [0.5, 0.6) is 0 Å². The number of aliphatic carboxylic acids is 2. The van der Waals surface area contributed by atoms with Crippen molar-refractivity contribution in [2.24, 2.45) is 0 Å². The normalized spacial score (nSPS) is 11.7. The number of unbranched alkanes of at least 4 members (excludes halogenated alkanes) is 1.